The number of aromatic nitrogens is 1. The monoisotopic (exact) mass is 274 g/mol. The van der Waals surface area contributed by atoms with E-state index in [9.17, 15) is 4.79 Å². The van der Waals surface area contributed by atoms with E-state index in [2.05, 4.69) is 25.8 Å². The van der Waals surface area contributed by atoms with Crippen molar-refractivity contribution in [3.63, 3.8) is 0 Å². The van der Waals surface area contributed by atoms with Crippen molar-refractivity contribution in [2.45, 2.75) is 25.3 Å². The van der Waals surface area contributed by atoms with Gasteiger partial charge in [0.15, 0.2) is 5.13 Å². The van der Waals surface area contributed by atoms with E-state index in [0.29, 0.717) is 0 Å². The number of halogens is 1. The van der Waals surface area contributed by atoms with Crippen LogP contribution >= 0.6 is 27.3 Å². The number of hydrogen-bond acceptors (Lipinski definition) is 4. The normalized spacial score (nSPS) is 22.4. The van der Waals surface area contributed by atoms with E-state index in [1.54, 1.807) is 11.3 Å². The topological polar surface area (TPSA) is 33.2 Å². The van der Waals surface area contributed by atoms with Gasteiger partial charge in [0.25, 0.3) is 0 Å². The van der Waals surface area contributed by atoms with Crippen LogP contribution in [0.1, 0.15) is 19.3 Å². The standard InChI is InChI=1S/C9H11BrN2OS/c10-8-6-14-9(11-8)12-4-2-1-3-7(12)5-13/h5-7H,1-4H2. The van der Waals surface area contributed by atoms with E-state index in [1.165, 1.54) is 0 Å². The molecule has 2 rings (SSSR count). The van der Waals surface area contributed by atoms with Gasteiger partial charge in [-0.15, -0.1) is 11.3 Å². The first kappa shape index (κ1) is 10.1. The summed E-state index contributed by atoms with van der Waals surface area (Å²) in [5.41, 5.74) is 0. The second-order valence-electron chi connectivity index (χ2n) is 3.35. The van der Waals surface area contributed by atoms with Gasteiger partial charge in [-0.25, -0.2) is 4.98 Å². The Bertz CT molecular complexity index is 328. The summed E-state index contributed by atoms with van der Waals surface area (Å²) < 4.78 is 0.854. The van der Waals surface area contributed by atoms with E-state index in [0.717, 1.165) is 41.8 Å². The van der Waals surface area contributed by atoms with Crippen LogP contribution in [0.2, 0.25) is 0 Å². The predicted molar refractivity (Wildman–Crippen MR) is 60.9 cm³/mol. The molecule has 1 unspecified atom stereocenters. The van der Waals surface area contributed by atoms with Gasteiger partial charge in [0.2, 0.25) is 0 Å². The number of carbonyl (C=O) groups is 1. The van der Waals surface area contributed by atoms with Crippen molar-refractivity contribution in [1.82, 2.24) is 4.98 Å². The molecule has 1 aliphatic rings. The molecule has 0 saturated carbocycles. The second kappa shape index (κ2) is 4.40. The molecule has 0 aliphatic carbocycles. The third kappa shape index (κ3) is 1.98. The van der Waals surface area contributed by atoms with E-state index in [-0.39, 0.29) is 6.04 Å². The molecule has 14 heavy (non-hydrogen) atoms. The van der Waals surface area contributed by atoms with Gasteiger partial charge in [-0.2, -0.15) is 0 Å². The second-order valence-corrected chi connectivity index (χ2v) is 4.99. The van der Waals surface area contributed by atoms with Crippen LogP contribution in [0.3, 0.4) is 0 Å². The molecule has 0 N–H and O–H groups in total. The van der Waals surface area contributed by atoms with Crippen LogP contribution in [-0.2, 0) is 4.79 Å². The van der Waals surface area contributed by atoms with Gasteiger partial charge in [-0.3, -0.25) is 0 Å². The van der Waals surface area contributed by atoms with Crippen LogP contribution in [-0.4, -0.2) is 23.9 Å². The minimum Gasteiger partial charge on any atom is -0.338 e. The third-order valence-electron chi connectivity index (χ3n) is 2.42. The molecule has 1 aliphatic heterocycles. The van der Waals surface area contributed by atoms with Crippen molar-refractivity contribution in [3.05, 3.63) is 9.98 Å². The molecular weight excluding hydrogens is 264 g/mol. The Morgan fingerprint density at radius 1 is 1.64 bits per heavy atom. The molecule has 0 spiro atoms. The van der Waals surface area contributed by atoms with E-state index < -0.39 is 0 Å². The fourth-order valence-electron chi connectivity index (χ4n) is 1.71. The average Bonchev–Trinajstić information content (AvgIpc) is 2.65. The summed E-state index contributed by atoms with van der Waals surface area (Å²) in [5, 5.41) is 2.90. The summed E-state index contributed by atoms with van der Waals surface area (Å²) >= 11 is 4.91. The molecule has 1 aromatic heterocycles. The van der Waals surface area contributed by atoms with E-state index in [1.807, 2.05) is 5.38 Å². The van der Waals surface area contributed by atoms with Crippen LogP contribution in [0.25, 0.3) is 0 Å². The zero-order valence-corrected chi connectivity index (χ0v) is 10.1. The Balaban J connectivity index is 2.18. The first-order chi connectivity index (χ1) is 6.81. The summed E-state index contributed by atoms with van der Waals surface area (Å²) in [6.45, 7) is 0.948. The zero-order chi connectivity index (χ0) is 9.97. The minimum atomic E-state index is 0.0294. The summed E-state index contributed by atoms with van der Waals surface area (Å²) in [4.78, 5) is 17.3. The summed E-state index contributed by atoms with van der Waals surface area (Å²) in [7, 11) is 0. The lowest BCUT2D eigenvalue weighted by Gasteiger charge is -2.31. The first-order valence-electron chi connectivity index (χ1n) is 4.64. The van der Waals surface area contributed by atoms with Gasteiger partial charge in [0, 0.05) is 11.9 Å². The van der Waals surface area contributed by atoms with Crippen molar-refractivity contribution in [2.75, 3.05) is 11.4 Å². The van der Waals surface area contributed by atoms with Crippen molar-refractivity contribution < 1.29 is 4.79 Å². The van der Waals surface area contributed by atoms with Gasteiger partial charge in [0.1, 0.15) is 10.9 Å². The van der Waals surface area contributed by atoms with E-state index >= 15 is 0 Å². The number of carbonyl (C=O) groups excluding carboxylic acids is 1. The Kier molecular flexibility index (Phi) is 3.18. The van der Waals surface area contributed by atoms with Crippen LogP contribution < -0.4 is 4.90 Å². The van der Waals surface area contributed by atoms with Gasteiger partial charge < -0.3 is 9.69 Å². The largest absolute Gasteiger partial charge is 0.338 e. The fraction of sp³-hybridized carbons (Fsp3) is 0.556. The SMILES string of the molecule is O=CC1CCCCN1c1nc(Br)cs1. The van der Waals surface area contributed by atoms with Crippen LogP contribution in [0, 0.1) is 0 Å². The van der Waals surface area contributed by atoms with Crippen molar-refractivity contribution in [3.8, 4) is 0 Å². The number of rotatable bonds is 2. The number of anilines is 1. The maximum absolute atomic E-state index is 10.9. The van der Waals surface area contributed by atoms with Gasteiger partial charge >= 0.3 is 0 Å². The van der Waals surface area contributed by atoms with Crippen LogP contribution in [0.4, 0.5) is 5.13 Å². The van der Waals surface area contributed by atoms with Gasteiger partial charge in [-0.05, 0) is 35.2 Å². The lowest BCUT2D eigenvalue weighted by Crippen LogP contribution is -2.40. The van der Waals surface area contributed by atoms with Crippen LogP contribution in [0.5, 0.6) is 0 Å². The molecule has 0 radical (unpaired) electrons. The predicted octanol–water partition coefficient (Wildman–Crippen LogP) is 2.46. The first-order valence-corrected chi connectivity index (χ1v) is 6.31. The Labute approximate surface area is 95.3 Å². The molecule has 1 fully saturated rings. The number of nitrogens with zero attached hydrogens (tertiary/aromatic N) is 2. The number of thiazole rings is 1. The minimum absolute atomic E-state index is 0.0294. The molecule has 0 bridgehead atoms. The van der Waals surface area contributed by atoms with Crippen molar-refractivity contribution in [1.29, 1.82) is 0 Å². The smallest absolute Gasteiger partial charge is 0.186 e. The quantitative estimate of drug-likeness (QED) is 0.777. The van der Waals surface area contributed by atoms with Gasteiger partial charge in [0.05, 0.1) is 6.04 Å². The number of hydrogen-bond donors (Lipinski definition) is 0. The molecule has 1 saturated heterocycles. The van der Waals surface area contributed by atoms with Crippen molar-refractivity contribution in [2.24, 2.45) is 0 Å². The highest BCUT2D eigenvalue weighted by molar-refractivity contribution is 9.10. The summed E-state index contributed by atoms with van der Waals surface area (Å²) in [6, 6.07) is 0.0294. The van der Waals surface area contributed by atoms with Gasteiger partial charge in [-0.1, -0.05) is 0 Å². The molecule has 2 heterocycles. The lowest BCUT2D eigenvalue weighted by atomic mass is 10.0. The maximum Gasteiger partial charge on any atom is 0.186 e. The molecule has 1 aromatic rings. The molecule has 0 aromatic carbocycles. The lowest BCUT2D eigenvalue weighted by molar-refractivity contribution is -0.109. The molecule has 0 amide bonds. The Morgan fingerprint density at radius 2 is 2.50 bits per heavy atom. The Hall–Kier alpha value is -0.420. The van der Waals surface area contributed by atoms with Crippen LogP contribution in [0.15, 0.2) is 9.98 Å². The summed E-state index contributed by atoms with van der Waals surface area (Å²) in [5.74, 6) is 0. The molecule has 3 nitrogen and oxygen atoms in total. The maximum atomic E-state index is 10.9. The third-order valence-corrected chi connectivity index (χ3v) is 4.00. The summed E-state index contributed by atoms with van der Waals surface area (Å²) in [6.07, 6.45) is 4.29. The number of aldehydes is 1. The molecular formula is C9H11BrN2OS. The average molecular weight is 275 g/mol. The number of piperidine rings is 1. The Morgan fingerprint density at radius 3 is 3.14 bits per heavy atom. The molecule has 5 heteroatoms. The highest BCUT2D eigenvalue weighted by Crippen LogP contribution is 2.28. The highest BCUT2D eigenvalue weighted by atomic mass is 79.9. The molecule has 1 atom stereocenters. The van der Waals surface area contributed by atoms with Crippen molar-refractivity contribution >= 4 is 38.7 Å². The molecule has 76 valence electrons. The fourth-order valence-corrected chi connectivity index (χ4v) is 3.05. The highest BCUT2D eigenvalue weighted by Gasteiger charge is 2.23. The zero-order valence-electron chi connectivity index (χ0n) is 7.65. The van der Waals surface area contributed by atoms with E-state index in [4.69, 9.17) is 0 Å².